The summed E-state index contributed by atoms with van der Waals surface area (Å²) in [5.41, 5.74) is 2.63. The van der Waals surface area contributed by atoms with Crippen LogP contribution in [0.5, 0.6) is 0 Å². The molecule has 0 atom stereocenters. The van der Waals surface area contributed by atoms with Crippen molar-refractivity contribution in [1.82, 2.24) is 0 Å². The summed E-state index contributed by atoms with van der Waals surface area (Å²) < 4.78 is 28.5. The van der Waals surface area contributed by atoms with Crippen LogP contribution < -0.4 is 9.62 Å². The lowest BCUT2D eigenvalue weighted by molar-refractivity contribution is -0.118. The molecule has 0 saturated carbocycles. The van der Waals surface area contributed by atoms with Gasteiger partial charge in [0.05, 0.1) is 27.9 Å². The quantitative estimate of drug-likeness (QED) is 0.493. The average Bonchev–Trinajstić information content (AvgIpc) is 2.84. The van der Waals surface area contributed by atoms with Gasteiger partial charge < -0.3 is 4.90 Å². The number of fused-ring (bicyclic) bond motifs is 1. The lowest BCUT2D eigenvalue weighted by atomic mass is 10.00. The number of benzene rings is 3. The second-order valence-electron chi connectivity index (χ2n) is 7.62. The zero-order chi connectivity index (χ0) is 23.3. The van der Waals surface area contributed by atoms with Crippen molar-refractivity contribution in [3.63, 3.8) is 0 Å². The van der Waals surface area contributed by atoms with Gasteiger partial charge in [-0.2, -0.15) is 5.26 Å². The van der Waals surface area contributed by atoms with E-state index in [9.17, 15) is 13.2 Å². The first-order valence-electron chi connectivity index (χ1n) is 10.6. The molecule has 1 aliphatic rings. The zero-order valence-electron chi connectivity index (χ0n) is 17.9. The molecular weight excluding hydrogens is 454 g/mol. The van der Waals surface area contributed by atoms with Crippen molar-refractivity contribution < 1.29 is 13.2 Å². The van der Waals surface area contributed by atoms with E-state index < -0.39 is 10.0 Å². The molecule has 3 aromatic rings. The van der Waals surface area contributed by atoms with Gasteiger partial charge in [0.25, 0.3) is 10.0 Å². The van der Waals surface area contributed by atoms with E-state index in [0.717, 1.165) is 23.3 Å². The van der Waals surface area contributed by atoms with Gasteiger partial charge in [-0.15, -0.1) is 11.8 Å². The molecule has 6 nitrogen and oxygen atoms in total. The Hall–Kier alpha value is -3.28. The molecule has 0 bridgehead atoms. The molecule has 0 aliphatic carbocycles. The van der Waals surface area contributed by atoms with Gasteiger partial charge in [0.2, 0.25) is 5.91 Å². The molecule has 0 radical (unpaired) electrons. The van der Waals surface area contributed by atoms with Crippen LogP contribution >= 0.6 is 11.8 Å². The second kappa shape index (κ2) is 10.1. The first-order chi connectivity index (χ1) is 16.0. The van der Waals surface area contributed by atoms with E-state index in [1.807, 2.05) is 24.3 Å². The summed E-state index contributed by atoms with van der Waals surface area (Å²) in [4.78, 5) is 16.0. The maximum absolute atomic E-state index is 13.1. The van der Waals surface area contributed by atoms with Crippen LogP contribution in [0.2, 0.25) is 0 Å². The maximum Gasteiger partial charge on any atom is 0.261 e. The molecule has 3 aromatic carbocycles. The summed E-state index contributed by atoms with van der Waals surface area (Å²) in [7, 11) is -3.77. The molecule has 168 valence electrons. The van der Waals surface area contributed by atoms with Crippen molar-refractivity contribution in [3.8, 4) is 6.07 Å². The fourth-order valence-electron chi connectivity index (χ4n) is 3.80. The number of hydrogen-bond donors (Lipinski definition) is 1. The number of nitrogens with one attached hydrogen (secondary N) is 1. The molecule has 0 saturated heterocycles. The van der Waals surface area contributed by atoms with Crippen molar-refractivity contribution in [3.05, 3.63) is 83.9 Å². The first-order valence-corrected chi connectivity index (χ1v) is 13.1. The Bertz CT molecular complexity index is 1280. The molecule has 0 fully saturated rings. The van der Waals surface area contributed by atoms with Crippen molar-refractivity contribution >= 4 is 39.1 Å². The Balaban J connectivity index is 1.50. The van der Waals surface area contributed by atoms with Crippen LogP contribution in [0, 0.1) is 11.3 Å². The fourth-order valence-corrected chi connectivity index (χ4v) is 5.73. The van der Waals surface area contributed by atoms with Crippen molar-refractivity contribution in [2.24, 2.45) is 0 Å². The molecule has 0 aromatic heterocycles. The average molecular weight is 478 g/mol. The Morgan fingerprint density at radius 1 is 1.03 bits per heavy atom. The smallest absolute Gasteiger partial charge is 0.261 e. The van der Waals surface area contributed by atoms with Crippen molar-refractivity contribution in [2.45, 2.75) is 29.1 Å². The predicted molar refractivity (Wildman–Crippen MR) is 131 cm³/mol. The van der Waals surface area contributed by atoms with E-state index in [4.69, 9.17) is 5.26 Å². The highest BCUT2D eigenvalue weighted by Gasteiger charge is 2.27. The molecule has 0 unspecified atom stereocenters. The lowest BCUT2D eigenvalue weighted by Crippen LogP contribution is -2.36. The largest absolute Gasteiger partial charge is 0.310 e. The van der Waals surface area contributed by atoms with Crippen LogP contribution in [-0.4, -0.2) is 26.6 Å². The van der Waals surface area contributed by atoms with Crippen LogP contribution in [0.1, 0.15) is 24.0 Å². The maximum atomic E-state index is 13.1. The standard InChI is InChI=1S/C25H23N3O3S2/c26-18-19-11-13-21(14-12-19)32-17-15-24(29)28-16-5-7-20-6-4-10-23(25(20)28)27-33(30,31)22-8-2-1-3-9-22/h1-4,6,8-14,27H,5,7,15-17H2. The zero-order valence-corrected chi connectivity index (χ0v) is 19.5. The van der Waals surface area contributed by atoms with Gasteiger partial charge in [0.1, 0.15) is 0 Å². The highest BCUT2D eigenvalue weighted by molar-refractivity contribution is 7.99. The molecular formula is C25H23N3O3S2. The number of nitriles is 1. The van der Waals surface area contributed by atoms with Crippen LogP contribution in [0.25, 0.3) is 0 Å². The van der Waals surface area contributed by atoms with Crippen molar-refractivity contribution in [1.29, 1.82) is 5.26 Å². The van der Waals surface area contributed by atoms with E-state index in [2.05, 4.69) is 10.8 Å². The number of rotatable bonds is 7. The minimum atomic E-state index is -3.77. The summed E-state index contributed by atoms with van der Waals surface area (Å²) in [6.07, 6.45) is 1.94. The van der Waals surface area contributed by atoms with Gasteiger partial charge in [-0.1, -0.05) is 30.3 Å². The van der Waals surface area contributed by atoms with Crippen molar-refractivity contribution in [2.75, 3.05) is 21.9 Å². The van der Waals surface area contributed by atoms with Gasteiger partial charge in [-0.05, 0) is 60.9 Å². The summed E-state index contributed by atoms with van der Waals surface area (Å²) in [5.74, 6) is 0.553. The lowest BCUT2D eigenvalue weighted by Gasteiger charge is -2.31. The normalized spacial score (nSPS) is 13.1. The van der Waals surface area contributed by atoms with E-state index in [-0.39, 0.29) is 10.8 Å². The number of nitrogens with zero attached hydrogens (tertiary/aromatic N) is 2. The van der Waals surface area contributed by atoms with E-state index >= 15 is 0 Å². The van der Waals surface area contributed by atoms with Crippen LogP contribution in [-0.2, 0) is 21.2 Å². The molecule has 1 amide bonds. The SMILES string of the molecule is N#Cc1ccc(SCCC(=O)N2CCCc3cccc(NS(=O)(=O)c4ccccc4)c32)cc1. The van der Waals surface area contributed by atoms with Gasteiger partial charge >= 0.3 is 0 Å². The molecule has 8 heteroatoms. The Labute approximate surface area is 198 Å². The number of carbonyl (C=O) groups is 1. The summed E-state index contributed by atoms with van der Waals surface area (Å²) in [5, 5.41) is 8.91. The van der Waals surface area contributed by atoms with E-state index in [1.165, 1.54) is 0 Å². The third-order valence-electron chi connectivity index (χ3n) is 5.38. The monoisotopic (exact) mass is 477 g/mol. The number of anilines is 2. The number of para-hydroxylation sites is 1. The molecule has 1 N–H and O–H groups in total. The highest BCUT2D eigenvalue weighted by atomic mass is 32.2. The topological polar surface area (TPSA) is 90.3 Å². The molecule has 4 rings (SSSR count). The van der Waals surface area contributed by atoms with Gasteiger partial charge in [-0.3, -0.25) is 9.52 Å². The fraction of sp³-hybridized carbons (Fsp3) is 0.200. The molecule has 1 heterocycles. The van der Waals surface area contributed by atoms with Gasteiger partial charge in [-0.25, -0.2) is 8.42 Å². The predicted octanol–water partition coefficient (Wildman–Crippen LogP) is 4.82. The number of amides is 1. The van der Waals surface area contributed by atoms with Gasteiger partial charge in [0, 0.05) is 23.6 Å². The molecule has 33 heavy (non-hydrogen) atoms. The third kappa shape index (κ3) is 5.38. The number of sulfonamides is 1. The number of thioether (sulfide) groups is 1. The minimum Gasteiger partial charge on any atom is -0.310 e. The van der Waals surface area contributed by atoms with Gasteiger partial charge in [0.15, 0.2) is 0 Å². The number of hydrogen-bond acceptors (Lipinski definition) is 5. The summed E-state index contributed by atoms with van der Waals surface area (Å²) in [6.45, 7) is 0.553. The van der Waals surface area contributed by atoms with Crippen LogP contribution in [0.3, 0.4) is 0 Å². The van der Waals surface area contributed by atoms with Crippen LogP contribution in [0.4, 0.5) is 11.4 Å². The third-order valence-corrected chi connectivity index (χ3v) is 7.78. The summed E-state index contributed by atoms with van der Waals surface area (Å²) in [6, 6.07) is 23.0. The summed E-state index contributed by atoms with van der Waals surface area (Å²) >= 11 is 1.56. The Kier molecular flexibility index (Phi) is 7.02. The van der Waals surface area contributed by atoms with E-state index in [1.54, 1.807) is 65.2 Å². The number of carbonyl (C=O) groups excluding carboxylic acids is 1. The van der Waals surface area contributed by atoms with E-state index in [0.29, 0.717) is 35.7 Å². The highest BCUT2D eigenvalue weighted by Crippen LogP contribution is 2.36. The second-order valence-corrected chi connectivity index (χ2v) is 10.5. The molecule has 0 spiro atoms. The Morgan fingerprint density at radius 3 is 2.52 bits per heavy atom. The Morgan fingerprint density at radius 2 is 1.79 bits per heavy atom. The minimum absolute atomic E-state index is 0.0385. The first kappa shape index (κ1) is 22.9. The molecule has 1 aliphatic heterocycles. The number of aryl methyl sites for hydroxylation is 1. The van der Waals surface area contributed by atoms with Crippen LogP contribution in [0.15, 0.2) is 82.6 Å².